The molecule has 7 heteroatoms. The quantitative estimate of drug-likeness (QED) is 0.521. The Hall–Kier alpha value is -2.54. The van der Waals surface area contributed by atoms with Crippen molar-refractivity contribution in [3.63, 3.8) is 0 Å². The zero-order valence-corrected chi connectivity index (χ0v) is 13.0. The van der Waals surface area contributed by atoms with E-state index in [1.807, 2.05) is 12.1 Å². The summed E-state index contributed by atoms with van der Waals surface area (Å²) in [5, 5.41) is 14.9. The van der Waals surface area contributed by atoms with Gasteiger partial charge in [0.25, 0.3) is 11.6 Å². The summed E-state index contributed by atoms with van der Waals surface area (Å²) in [6, 6.07) is 9.74. The highest BCUT2D eigenvalue weighted by Gasteiger charge is 2.18. The minimum absolute atomic E-state index is 0.00974. The number of thiophene rings is 1. The average molecular weight is 317 g/mol. The summed E-state index contributed by atoms with van der Waals surface area (Å²) in [7, 11) is 0. The maximum atomic E-state index is 12.0. The van der Waals surface area contributed by atoms with Gasteiger partial charge in [-0.05, 0) is 31.5 Å². The smallest absolute Gasteiger partial charge is 0.267 e. The Kier molecular flexibility index (Phi) is 5.00. The van der Waals surface area contributed by atoms with Gasteiger partial charge in [-0.15, -0.1) is 11.3 Å². The second-order valence-corrected chi connectivity index (χ2v) is 5.70. The molecule has 0 fully saturated rings. The Bertz CT molecular complexity index is 737. The highest BCUT2D eigenvalue weighted by Crippen LogP contribution is 2.19. The van der Waals surface area contributed by atoms with Gasteiger partial charge in [-0.2, -0.15) is 5.10 Å². The Morgan fingerprint density at radius 2 is 2.05 bits per heavy atom. The van der Waals surface area contributed by atoms with E-state index in [2.05, 4.69) is 17.5 Å². The molecule has 1 heterocycles. The Morgan fingerprint density at radius 3 is 2.68 bits per heavy atom. The van der Waals surface area contributed by atoms with Crippen LogP contribution in [0.5, 0.6) is 0 Å². The van der Waals surface area contributed by atoms with Gasteiger partial charge in [-0.3, -0.25) is 14.9 Å². The van der Waals surface area contributed by atoms with Crippen LogP contribution in [0, 0.1) is 10.1 Å². The van der Waals surface area contributed by atoms with E-state index in [1.54, 1.807) is 24.3 Å². The first kappa shape index (κ1) is 15.8. The van der Waals surface area contributed by atoms with E-state index in [1.165, 1.54) is 23.1 Å². The summed E-state index contributed by atoms with van der Waals surface area (Å²) in [4.78, 5) is 24.6. The molecular weight excluding hydrogens is 302 g/mol. The molecule has 0 aliphatic carbocycles. The zero-order chi connectivity index (χ0) is 16.1. The fraction of sp³-hybridized carbons (Fsp3) is 0.200. The zero-order valence-electron chi connectivity index (χ0n) is 12.2. The number of hydrazone groups is 1. The molecule has 0 unspecified atom stereocenters. The minimum atomic E-state index is -0.598. The lowest BCUT2D eigenvalue weighted by molar-refractivity contribution is -0.385. The molecule has 6 nitrogen and oxygen atoms in total. The molecule has 0 atom stereocenters. The van der Waals surface area contributed by atoms with Crippen molar-refractivity contribution >= 4 is 28.6 Å². The van der Waals surface area contributed by atoms with Crippen LogP contribution in [0.1, 0.15) is 34.0 Å². The number of rotatable bonds is 5. The van der Waals surface area contributed by atoms with E-state index in [0.29, 0.717) is 5.71 Å². The van der Waals surface area contributed by atoms with Gasteiger partial charge < -0.3 is 0 Å². The van der Waals surface area contributed by atoms with E-state index >= 15 is 0 Å². The number of benzene rings is 1. The van der Waals surface area contributed by atoms with Crippen LogP contribution in [-0.4, -0.2) is 16.5 Å². The average Bonchev–Trinajstić information content (AvgIpc) is 3.01. The largest absolute Gasteiger partial charge is 0.282 e. The lowest BCUT2D eigenvalue weighted by atomic mass is 10.2. The molecule has 0 radical (unpaired) electrons. The highest BCUT2D eigenvalue weighted by molar-refractivity contribution is 7.14. The van der Waals surface area contributed by atoms with E-state index in [9.17, 15) is 14.9 Å². The number of hydrogen-bond acceptors (Lipinski definition) is 5. The normalized spacial score (nSPS) is 11.3. The molecule has 22 heavy (non-hydrogen) atoms. The first-order valence-electron chi connectivity index (χ1n) is 6.70. The SMILES string of the molecule is CCc1ccc(/C(C)=N/NC(=O)c2ccccc2[N+](=O)[O-])s1. The molecule has 1 amide bonds. The predicted octanol–water partition coefficient (Wildman–Crippen LogP) is 3.37. The van der Waals surface area contributed by atoms with Crippen molar-refractivity contribution in [2.45, 2.75) is 20.3 Å². The topological polar surface area (TPSA) is 84.6 Å². The van der Waals surface area contributed by atoms with Gasteiger partial charge in [-0.1, -0.05) is 19.1 Å². The van der Waals surface area contributed by atoms with Crippen LogP contribution in [0.25, 0.3) is 0 Å². The van der Waals surface area contributed by atoms with Gasteiger partial charge in [0.2, 0.25) is 0 Å². The summed E-state index contributed by atoms with van der Waals surface area (Å²) in [6.45, 7) is 3.85. The molecule has 1 aromatic carbocycles. The van der Waals surface area contributed by atoms with Crippen molar-refractivity contribution < 1.29 is 9.72 Å². The fourth-order valence-corrected chi connectivity index (χ4v) is 2.73. The van der Waals surface area contributed by atoms with E-state index in [-0.39, 0.29) is 11.3 Å². The van der Waals surface area contributed by atoms with Gasteiger partial charge in [0.15, 0.2) is 0 Å². The van der Waals surface area contributed by atoms with Crippen molar-refractivity contribution in [2.75, 3.05) is 0 Å². The standard InChI is InChI=1S/C15H15N3O3S/c1-3-11-8-9-14(22-11)10(2)16-17-15(19)12-6-4-5-7-13(12)18(20)21/h4-9H,3H2,1-2H3,(H,17,19)/b16-10+. The predicted molar refractivity (Wildman–Crippen MR) is 86.5 cm³/mol. The lowest BCUT2D eigenvalue weighted by Crippen LogP contribution is -2.20. The molecule has 1 N–H and O–H groups in total. The Morgan fingerprint density at radius 1 is 1.32 bits per heavy atom. The molecule has 2 aromatic rings. The number of nitrogens with one attached hydrogen (secondary N) is 1. The molecule has 114 valence electrons. The number of aryl methyl sites for hydroxylation is 1. The maximum absolute atomic E-state index is 12.0. The van der Waals surface area contributed by atoms with Crippen LogP contribution in [0.3, 0.4) is 0 Å². The fourth-order valence-electron chi connectivity index (χ4n) is 1.84. The number of amides is 1. The van der Waals surface area contributed by atoms with Crippen LogP contribution in [0.15, 0.2) is 41.5 Å². The number of carbonyl (C=O) groups is 1. The van der Waals surface area contributed by atoms with Crippen LogP contribution in [0.2, 0.25) is 0 Å². The second-order valence-electron chi connectivity index (χ2n) is 4.53. The van der Waals surface area contributed by atoms with E-state index < -0.39 is 10.8 Å². The third-order valence-electron chi connectivity index (χ3n) is 3.04. The van der Waals surface area contributed by atoms with Crippen molar-refractivity contribution in [3.05, 3.63) is 61.8 Å². The Balaban J connectivity index is 2.15. The van der Waals surface area contributed by atoms with Crippen LogP contribution >= 0.6 is 11.3 Å². The summed E-state index contributed by atoms with van der Waals surface area (Å²) in [6.07, 6.45) is 0.945. The van der Waals surface area contributed by atoms with Gasteiger partial charge in [0, 0.05) is 10.9 Å². The highest BCUT2D eigenvalue weighted by atomic mass is 32.1. The second kappa shape index (κ2) is 6.95. The monoisotopic (exact) mass is 317 g/mol. The molecular formula is C15H15N3O3S. The van der Waals surface area contributed by atoms with Crippen molar-refractivity contribution in [1.29, 1.82) is 0 Å². The van der Waals surface area contributed by atoms with Crippen molar-refractivity contribution in [2.24, 2.45) is 5.10 Å². The Labute approximate surface area is 131 Å². The number of carbonyl (C=O) groups excluding carboxylic acids is 1. The lowest BCUT2D eigenvalue weighted by Gasteiger charge is -2.02. The van der Waals surface area contributed by atoms with E-state index in [4.69, 9.17) is 0 Å². The molecule has 0 aliphatic heterocycles. The molecule has 0 aliphatic rings. The van der Waals surface area contributed by atoms with Crippen molar-refractivity contribution in [1.82, 2.24) is 5.43 Å². The summed E-state index contributed by atoms with van der Waals surface area (Å²) in [5.74, 6) is -0.598. The van der Waals surface area contributed by atoms with Crippen LogP contribution in [-0.2, 0) is 6.42 Å². The third kappa shape index (κ3) is 3.56. The summed E-state index contributed by atoms with van der Waals surface area (Å²) < 4.78 is 0. The number of nitro groups is 1. The number of nitrogens with zero attached hydrogens (tertiary/aromatic N) is 2. The molecule has 0 spiro atoms. The number of nitro benzene ring substituents is 1. The number of para-hydroxylation sites is 1. The maximum Gasteiger partial charge on any atom is 0.282 e. The van der Waals surface area contributed by atoms with Gasteiger partial charge in [-0.25, -0.2) is 5.43 Å². The van der Waals surface area contributed by atoms with Gasteiger partial charge >= 0.3 is 0 Å². The summed E-state index contributed by atoms with van der Waals surface area (Å²) in [5.41, 5.74) is 2.79. The first-order chi connectivity index (χ1) is 10.5. The third-order valence-corrected chi connectivity index (χ3v) is 4.38. The van der Waals surface area contributed by atoms with Crippen LogP contribution in [0.4, 0.5) is 5.69 Å². The summed E-state index contributed by atoms with van der Waals surface area (Å²) >= 11 is 1.61. The minimum Gasteiger partial charge on any atom is -0.267 e. The van der Waals surface area contributed by atoms with Crippen molar-refractivity contribution in [3.8, 4) is 0 Å². The van der Waals surface area contributed by atoms with E-state index in [0.717, 1.165) is 11.3 Å². The van der Waals surface area contributed by atoms with Crippen LogP contribution < -0.4 is 5.43 Å². The first-order valence-corrected chi connectivity index (χ1v) is 7.51. The number of hydrogen-bond donors (Lipinski definition) is 1. The molecule has 0 bridgehead atoms. The molecule has 1 aromatic heterocycles. The van der Waals surface area contributed by atoms with Gasteiger partial charge in [0.1, 0.15) is 5.56 Å². The molecule has 2 rings (SSSR count). The molecule has 0 saturated heterocycles. The molecule has 0 saturated carbocycles. The van der Waals surface area contributed by atoms with Gasteiger partial charge in [0.05, 0.1) is 15.5 Å².